The van der Waals surface area contributed by atoms with Crippen molar-refractivity contribution in [2.75, 3.05) is 0 Å². The molecule has 0 aromatic rings. The van der Waals surface area contributed by atoms with Crippen LogP contribution in [0, 0.1) is 45.3 Å². The van der Waals surface area contributed by atoms with Gasteiger partial charge in [-0.2, -0.15) is 0 Å². The molecule has 0 N–H and O–H groups in total. The summed E-state index contributed by atoms with van der Waals surface area (Å²) in [4.78, 5) is 23.4. The highest BCUT2D eigenvalue weighted by atomic mass is 16.5. The minimum atomic E-state index is -0.192. The van der Waals surface area contributed by atoms with Crippen molar-refractivity contribution in [1.29, 1.82) is 0 Å². The van der Waals surface area contributed by atoms with E-state index in [0.717, 1.165) is 38.0 Å². The lowest BCUT2D eigenvalue weighted by molar-refractivity contribution is -0.146. The monoisotopic (exact) mass is 454 g/mol. The number of carbonyl (C=O) groups excluding carboxylic acids is 2. The fraction of sp³-hybridized carbons (Fsp3) is 0.800. The van der Waals surface area contributed by atoms with Crippen molar-refractivity contribution in [2.45, 2.75) is 106 Å². The molecular weight excluding hydrogens is 408 g/mol. The second kappa shape index (κ2) is 8.38. The summed E-state index contributed by atoms with van der Waals surface area (Å²) in [6, 6.07) is 0. The lowest BCUT2D eigenvalue weighted by atomic mass is 9.41. The minimum Gasteiger partial charge on any atom is -0.434 e. The summed E-state index contributed by atoms with van der Waals surface area (Å²) in [5, 5.41) is 0. The van der Waals surface area contributed by atoms with Crippen molar-refractivity contribution in [3.05, 3.63) is 23.5 Å². The van der Waals surface area contributed by atoms with Crippen LogP contribution >= 0.6 is 0 Å². The first-order valence-corrected chi connectivity index (χ1v) is 13.4. The van der Waals surface area contributed by atoms with E-state index < -0.39 is 0 Å². The molecule has 3 heteroatoms. The molecule has 0 aromatic carbocycles. The summed E-state index contributed by atoms with van der Waals surface area (Å²) < 4.78 is 4.96. The zero-order chi connectivity index (χ0) is 24.2. The van der Waals surface area contributed by atoms with Crippen molar-refractivity contribution < 1.29 is 14.3 Å². The second-order valence-electron chi connectivity index (χ2n) is 13.2. The van der Waals surface area contributed by atoms with Gasteiger partial charge in [0, 0.05) is 11.8 Å². The van der Waals surface area contributed by atoms with E-state index in [1.165, 1.54) is 25.7 Å². The maximum atomic E-state index is 12.8. The molecule has 4 aliphatic carbocycles. The van der Waals surface area contributed by atoms with Gasteiger partial charge in [0.1, 0.15) is 11.5 Å². The van der Waals surface area contributed by atoms with Gasteiger partial charge in [0.2, 0.25) is 0 Å². The van der Waals surface area contributed by atoms with Crippen LogP contribution in [0.1, 0.15) is 106 Å². The first-order valence-electron chi connectivity index (χ1n) is 13.4. The van der Waals surface area contributed by atoms with E-state index in [4.69, 9.17) is 4.74 Å². The van der Waals surface area contributed by atoms with Gasteiger partial charge in [0.05, 0.1) is 0 Å². The quantitative estimate of drug-likeness (QED) is 0.235. The summed E-state index contributed by atoms with van der Waals surface area (Å²) in [6.07, 6.45) is 14.9. The Morgan fingerprint density at radius 3 is 2.58 bits per heavy atom. The van der Waals surface area contributed by atoms with Gasteiger partial charge in [0.25, 0.3) is 6.47 Å². The van der Waals surface area contributed by atoms with Crippen LogP contribution in [-0.2, 0) is 14.3 Å². The first-order chi connectivity index (χ1) is 15.4. The Hall–Kier alpha value is -1.38. The summed E-state index contributed by atoms with van der Waals surface area (Å²) in [5.74, 6) is 3.71. The zero-order valence-electron chi connectivity index (χ0n) is 22.1. The number of rotatable bonds is 6. The highest BCUT2D eigenvalue weighted by molar-refractivity contribution is 5.85. The second-order valence-corrected chi connectivity index (χ2v) is 13.2. The molecule has 7 atom stereocenters. The largest absolute Gasteiger partial charge is 0.434 e. The third kappa shape index (κ3) is 3.59. The highest BCUT2D eigenvalue weighted by Gasteiger charge is 2.65. The van der Waals surface area contributed by atoms with Crippen LogP contribution < -0.4 is 0 Å². The van der Waals surface area contributed by atoms with Gasteiger partial charge in [-0.25, -0.2) is 0 Å². The normalized spacial score (nSPS) is 43.1. The molecule has 0 aromatic heterocycles. The Morgan fingerprint density at radius 1 is 1.15 bits per heavy atom. The fourth-order valence-corrected chi connectivity index (χ4v) is 9.34. The third-order valence-electron chi connectivity index (χ3n) is 11.6. The standard InChI is InChI=1S/C30H46O3/c1-20(9-8-10-21(2)33-19-31)22-13-17-30(7)24-11-12-25-27(3,4)26(32)15-16-28(25,5)23(24)14-18-29(22,30)6/h10-11,19-20,22-23,25H,8-9,12-18H2,1-7H3. The Labute approximate surface area is 201 Å². The minimum absolute atomic E-state index is 0.192. The Kier molecular flexibility index (Phi) is 6.28. The Morgan fingerprint density at radius 2 is 1.88 bits per heavy atom. The lowest BCUT2D eigenvalue weighted by Crippen LogP contribution is -2.57. The molecule has 33 heavy (non-hydrogen) atoms. The molecule has 4 aliphatic rings. The SMILES string of the molecule is CC(=CCCC(C)C1CCC2(C)C3=CCC4C(C)(C)C(=O)CCC4(C)C3CCC12C)OC=O. The van der Waals surface area contributed by atoms with Crippen LogP contribution in [0.4, 0.5) is 0 Å². The zero-order valence-corrected chi connectivity index (χ0v) is 22.1. The van der Waals surface area contributed by atoms with Crippen LogP contribution in [-0.4, -0.2) is 12.3 Å². The van der Waals surface area contributed by atoms with Gasteiger partial charge in [0.15, 0.2) is 0 Å². The number of ketones is 1. The van der Waals surface area contributed by atoms with Crippen molar-refractivity contribution >= 4 is 12.3 Å². The van der Waals surface area contributed by atoms with Crippen LogP contribution in [0.2, 0.25) is 0 Å². The Bertz CT molecular complexity index is 866. The number of fused-ring (bicyclic) bond motifs is 5. The molecule has 3 fully saturated rings. The summed E-state index contributed by atoms with van der Waals surface area (Å²) in [5.41, 5.74) is 2.44. The number of hydrogen-bond acceptors (Lipinski definition) is 3. The van der Waals surface area contributed by atoms with Crippen molar-refractivity contribution in [3.8, 4) is 0 Å². The van der Waals surface area contributed by atoms with E-state index in [1.54, 1.807) is 5.57 Å². The fourth-order valence-electron chi connectivity index (χ4n) is 9.34. The number of hydrogen-bond donors (Lipinski definition) is 0. The van der Waals surface area contributed by atoms with Crippen molar-refractivity contribution in [1.82, 2.24) is 0 Å². The molecule has 0 bridgehead atoms. The highest BCUT2D eigenvalue weighted by Crippen LogP contribution is 2.73. The van der Waals surface area contributed by atoms with E-state index in [-0.39, 0.29) is 16.2 Å². The average Bonchev–Trinajstić information content (AvgIpc) is 3.03. The van der Waals surface area contributed by atoms with Gasteiger partial charge < -0.3 is 4.74 Å². The molecule has 0 aliphatic heterocycles. The first kappa shape index (κ1) is 24.7. The summed E-state index contributed by atoms with van der Waals surface area (Å²) in [7, 11) is 0. The van der Waals surface area contributed by atoms with Gasteiger partial charge in [-0.1, -0.05) is 53.2 Å². The van der Waals surface area contributed by atoms with E-state index in [1.807, 2.05) is 6.92 Å². The van der Waals surface area contributed by atoms with E-state index in [0.29, 0.717) is 41.2 Å². The third-order valence-corrected chi connectivity index (χ3v) is 11.6. The molecule has 0 spiro atoms. The molecule has 0 radical (unpaired) electrons. The van der Waals surface area contributed by atoms with E-state index in [2.05, 4.69) is 53.7 Å². The topological polar surface area (TPSA) is 43.4 Å². The summed E-state index contributed by atoms with van der Waals surface area (Å²) in [6.45, 7) is 17.0. The molecular formula is C30H46O3. The van der Waals surface area contributed by atoms with Crippen LogP contribution in [0.3, 0.4) is 0 Å². The lowest BCUT2D eigenvalue weighted by Gasteiger charge is -2.63. The number of carbonyl (C=O) groups is 2. The van der Waals surface area contributed by atoms with Gasteiger partial charge >= 0.3 is 0 Å². The number of allylic oxidation sites excluding steroid dienone is 4. The molecule has 0 saturated heterocycles. The number of ether oxygens (including phenoxy) is 1. The molecule has 7 unspecified atom stereocenters. The molecule has 3 saturated carbocycles. The van der Waals surface area contributed by atoms with Crippen LogP contribution in [0.5, 0.6) is 0 Å². The molecule has 0 heterocycles. The van der Waals surface area contributed by atoms with Crippen molar-refractivity contribution in [2.24, 2.45) is 45.3 Å². The molecule has 3 nitrogen and oxygen atoms in total. The van der Waals surface area contributed by atoms with Gasteiger partial charge in [-0.15, -0.1) is 0 Å². The number of Topliss-reactive ketones (excluding diaryl/α,β-unsaturated/α-hetero) is 1. The smallest absolute Gasteiger partial charge is 0.298 e. The predicted molar refractivity (Wildman–Crippen MR) is 133 cm³/mol. The maximum Gasteiger partial charge on any atom is 0.298 e. The molecule has 4 rings (SSSR count). The van der Waals surface area contributed by atoms with Gasteiger partial charge in [-0.3, -0.25) is 9.59 Å². The van der Waals surface area contributed by atoms with E-state index >= 15 is 0 Å². The molecule has 184 valence electrons. The van der Waals surface area contributed by atoms with Crippen LogP contribution in [0.25, 0.3) is 0 Å². The molecule has 0 amide bonds. The Balaban J connectivity index is 1.57. The average molecular weight is 455 g/mol. The van der Waals surface area contributed by atoms with Crippen molar-refractivity contribution in [3.63, 3.8) is 0 Å². The van der Waals surface area contributed by atoms with Crippen LogP contribution in [0.15, 0.2) is 23.5 Å². The summed E-state index contributed by atoms with van der Waals surface area (Å²) >= 11 is 0. The van der Waals surface area contributed by atoms with Gasteiger partial charge in [-0.05, 0) is 104 Å². The maximum absolute atomic E-state index is 12.8. The predicted octanol–water partition coefficient (Wildman–Crippen LogP) is 7.65. The van der Waals surface area contributed by atoms with E-state index in [9.17, 15) is 9.59 Å².